The van der Waals surface area contributed by atoms with Gasteiger partial charge in [0, 0.05) is 53.7 Å². The summed E-state index contributed by atoms with van der Waals surface area (Å²) in [6.45, 7) is 2.68. The van der Waals surface area contributed by atoms with Crippen LogP contribution >= 0.6 is 0 Å². The van der Waals surface area contributed by atoms with Crippen molar-refractivity contribution in [2.45, 2.75) is 88.7 Å². The van der Waals surface area contributed by atoms with Crippen molar-refractivity contribution in [1.29, 1.82) is 0 Å². The van der Waals surface area contributed by atoms with Gasteiger partial charge in [-0.1, -0.05) is 19.8 Å². The van der Waals surface area contributed by atoms with Gasteiger partial charge in [0.2, 0.25) is 5.88 Å². The predicted octanol–water partition coefficient (Wildman–Crippen LogP) is 3.54. The van der Waals surface area contributed by atoms with E-state index in [4.69, 9.17) is 4.74 Å². The zero-order chi connectivity index (χ0) is 20.5. The van der Waals surface area contributed by atoms with Gasteiger partial charge in [0.1, 0.15) is 6.10 Å². The van der Waals surface area contributed by atoms with Crippen LogP contribution in [0, 0.1) is 0 Å². The van der Waals surface area contributed by atoms with Gasteiger partial charge in [-0.15, -0.1) is 0 Å². The fourth-order valence-corrected chi connectivity index (χ4v) is 5.65. The van der Waals surface area contributed by atoms with Crippen molar-refractivity contribution in [3.8, 4) is 5.88 Å². The van der Waals surface area contributed by atoms with Crippen LogP contribution in [-0.2, 0) is 17.3 Å². The molecule has 1 aromatic rings. The van der Waals surface area contributed by atoms with E-state index in [1.54, 1.807) is 7.05 Å². The maximum absolute atomic E-state index is 12.2. The monoisotopic (exact) mass is 420 g/mol. The highest BCUT2D eigenvalue weighted by Crippen LogP contribution is 2.24. The maximum Gasteiger partial charge on any atom is 0.213 e. The second-order valence-corrected chi connectivity index (χ2v) is 10.1. The molecule has 1 aromatic heterocycles. The normalized spacial score (nSPS) is 24.7. The van der Waals surface area contributed by atoms with Gasteiger partial charge >= 0.3 is 0 Å². The van der Waals surface area contributed by atoms with E-state index in [1.165, 1.54) is 19.3 Å². The van der Waals surface area contributed by atoms with Crippen molar-refractivity contribution in [3.05, 3.63) is 23.9 Å². The predicted molar refractivity (Wildman–Crippen MR) is 120 cm³/mol. The summed E-state index contributed by atoms with van der Waals surface area (Å²) in [5, 5.41) is 7.23. The summed E-state index contributed by atoms with van der Waals surface area (Å²) in [5.41, 5.74) is 1.13. The molecule has 0 radical (unpaired) electrons. The van der Waals surface area contributed by atoms with Gasteiger partial charge in [-0.25, -0.2) is 4.98 Å². The van der Waals surface area contributed by atoms with Crippen molar-refractivity contribution in [1.82, 2.24) is 15.6 Å². The number of aromatic nitrogens is 1. The second kappa shape index (κ2) is 11.5. The van der Waals surface area contributed by atoms with E-state index < -0.39 is 10.8 Å². The molecule has 2 aliphatic rings. The van der Waals surface area contributed by atoms with Gasteiger partial charge in [-0.2, -0.15) is 0 Å². The van der Waals surface area contributed by atoms with Gasteiger partial charge in [0.05, 0.1) is 0 Å². The Labute approximate surface area is 177 Å². The molecule has 0 spiro atoms. The molecule has 3 atom stereocenters. The van der Waals surface area contributed by atoms with Crippen LogP contribution in [0.5, 0.6) is 5.88 Å². The van der Waals surface area contributed by atoms with Crippen LogP contribution in [0.25, 0.3) is 0 Å². The molecule has 7 heteroatoms. The number of pyridine rings is 1. The number of aliphatic imine (C=N–C) groups is 1. The van der Waals surface area contributed by atoms with E-state index in [-0.39, 0.29) is 0 Å². The number of nitrogens with one attached hydrogen (secondary N) is 2. The van der Waals surface area contributed by atoms with Gasteiger partial charge < -0.3 is 15.4 Å². The molecule has 3 rings (SSSR count). The first-order chi connectivity index (χ1) is 14.2. The number of hydrogen-bond donors (Lipinski definition) is 2. The number of hydrogen-bond acceptors (Lipinski definition) is 4. The molecular weight excluding hydrogens is 384 g/mol. The van der Waals surface area contributed by atoms with Crippen LogP contribution in [-0.4, -0.2) is 45.3 Å². The first kappa shape index (κ1) is 22.1. The average Bonchev–Trinajstić information content (AvgIpc) is 2.77. The lowest BCUT2D eigenvalue weighted by Gasteiger charge is -2.30. The van der Waals surface area contributed by atoms with Crippen LogP contribution in [0.4, 0.5) is 0 Å². The Balaban J connectivity index is 1.49. The molecule has 2 aliphatic carbocycles. The quantitative estimate of drug-likeness (QED) is 0.521. The summed E-state index contributed by atoms with van der Waals surface area (Å²) in [7, 11) is 1.08. The fourth-order valence-electron chi connectivity index (χ4n) is 4.30. The lowest BCUT2D eigenvalue weighted by atomic mass is 9.95. The molecule has 162 valence electrons. The zero-order valence-corrected chi connectivity index (χ0v) is 18.7. The second-order valence-electron chi connectivity index (χ2n) is 8.11. The maximum atomic E-state index is 12.2. The third-order valence-electron chi connectivity index (χ3n) is 5.95. The summed E-state index contributed by atoms with van der Waals surface area (Å²) in [6.07, 6.45) is 12.5. The minimum Gasteiger partial charge on any atom is -0.474 e. The Morgan fingerprint density at radius 2 is 2.07 bits per heavy atom. The molecule has 0 aliphatic heterocycles. The van der Waals surface area contributed by atoms with Crippen molar-refractivity contribution in [2.24, 2.45) is 4.99 Å². The smallest absolute Gasteiger partial charge is 0.213 e. The van der Waals surface area contributed by atoms with Crippen molar-refractivity contribution in [3.63, 3.8) is 0 Å². The third-order valence-corrected chi connectivity index (χ3v) is 7.69. The molecule has 0 amide bonds. The average molecular weight is 421 g/mol. The molecule has 2 saturated carbocycles. The van der Waals surface area contributed by atoms with Crippen molar-refractivity contribution < 1.29 is 8.95 Å². The third kappa shape index (κ3) is 6.98. The van der Waals surface area contributed by atoms with E-state index in [2.05, 4.69) is 20.6 Å². The van der Waals surface area contributed by atoms with Crippen LogP contribution in [0.1, 0.15) is 70.3 Å². The van der Waals surface area contributed by atoms with Crippen molar-refractivity contribution >= 4 is 16.8 Å². The summed E-state index contributed by atoms with van der Waals surface area (Å²) in [5.74, 6) is 2.26. The Morgan fingerprint density at radius 3 is 2.83 bits per heavy atom. The molecule has 0 bridgehead atoms. The van der Waals surface area contributed by atoms with Gasteiger partial charge in [-0.05, 0) is 56.6 Å². The first-order valence-corrected chi connectivity index (χ1v) is 12.5. The largest absolute Gasteiger partial charge is 0.474 e. The van der Waals surface area contributed by atoms with Crippen LogP contribution < -0.4 is 15.4 Å². The summed E-state index contributed by atoms with van der Waals surface area (Å²) in [6, 6.07) is 4.36. The highest BCUT2D eigenvalue weighted by atomic mass is 32.2. The minimum atomic E-state index is -0.712. The Morgan fingerprint density at radius 1 is 1.24 bits per heavy atom. The van der Waals surface area contributed by atoms with E-state index in [1.807, 2.05) is 25.3 Å². The molecule has 0 saturated heterocycles. The summed E-state index contributed by atoms with van der Waals surface area (Å²) in [4.78, 5) is 8.76. The van der Waals surface area contributed by atoms with E-state index in [9.17, 15) is 4.21 Å². The number of guanidine groups is 1. The molecule has 29 heavy (non-hydrogen) atoms. The molecular formula is C22H36N4O2S. The summed E-state index contributed by atoms with van der Waals surface area (Å²) >= 11 is 0. The van der Waals surface area contributed by atoms with Gasteiger partial charge in [0.25, 0.3) is 0 Å². The standard InChI is InChI=1S/C22H36N4O2S/c1-3-29(27)20-11-7-8-18(15-20)26-22(23-2)25-16-17-12-13-24-21(14-17)28-19-9-5-4-6-10-19/h12-14,18-20H,3-11,15-16H2,1-2H3,(H2,23,25,26). The van der Waals surface area contributed by atoms with E-state index in [0.717, 1.165) is 61.7 Å². The first-order valence-electron chi connectivity index (χ1n) is 11.1. The zero-order valence-electron chi connectivity index (χ0n) is 17.9. The van der Waals surface area contributed by atoms with Crippen LogP contribution in [0.2, 0.25) is 0 Å². The Bertz CT molecular complexity index is 691. The molecule has 6 nitrogen and oxygen atoms in total. The lowest BCUT2D eigenvalue weighted by molar-refractivity contribution is 0.148. The van der Waals surface area contributed by atoms with Gasteiger partial charge in [0.15, 0.2) is 5.96 Å². The molecule has 0 aromatic carbocycles. The van der Waals surface area contributed by atoms with Crippen molar-refractivity contribution in [2.75, 3.05) is 12.8 Å². The number of ether oxygens (including phenoxy) is 1. The Kier molecular flexibility index (Phi) is 8.77. The highest BCUT2D eigenvalue weighted by Gasteiger charge is 2.26. The molecule has 3 unspecified atom stereocenters. The lowest BCUT2D eigenvalue weighted by Crippen LogP contribution is -2.46. The fraction of sp³-hybridized carbons (Fsp3) is 0.727. The molecule has 1 heterocycles. The number of nitrogens with zero attached hydrogens (tertiary/aromatic N) is 2. The topological polar surface area (TPSA) is 75.6 Å². The van der Waals surface area contributed by atoms with Gasteiger partial charge in [-0.3, -0.25) is 9.20 Å². The van der Waals surface area contributed by atoms with E-state index >= 15 is 0 Å². The number of rotatable bonds is 7. The van der Waals surface area contributed by atoms with Crippen LogP contribution in [0.15, 0.2) is 23.3 Å². The van der Waals surface area contributed by atoms with Crippen LogP contribution in [0.3, 0.4) is 0 Å². The van der Waals surface area contributed by atoms with E-state index in [0.29, 0.717) is 23.9 Å². The minimum absolute atomic E-state index is 0.307. The molecule has 2 N–H and O–H groups in total. The highest BCUT2D eigenvalue weighted by molar-refractivity contribution is 7.85. The molecule has 2 fully saturated rings. The SMILES string of the molecule is CCS(=O)C1CCCC(NC(=NC)NCc2ccnc(OC3CCCCC3)c2)C1. The Hall–Kier alpha value is -1.63. The summed E-state index contributed by atoms with van der Waals surface area (Å²) < 4.78 is 18.3.